The van der Waals surface area contributed by atoms with Crippen molar-refractivity contribution in [2.24, 2.45) is 0 Å². The molecule has 0 fully saturated rings. The van der Waals surface area contributed by atoms with Crippen LogP contribution in [-0.4, -0.2) is 186 Å². The van der Waals surface area contributed by atoms with Gasteiger partial charge in [-0.15, -0.1) is 0 Å². The van der Waals surface area contributed by atoms with Gasteiger partial charge in [-0.3, -0.25) is 0 Å². The molecular formula is C24H45O21Y. The Morgan fingerprint density at radius 1 is 0.478 bits per heavy atom. The summed E-state index contributed by atoms with van der Waals surface area (Å²) in [6.45, 7) is 1.17. The molecule has 15 N–H and O–H groups in total. The molecule has 0 aliphatic carbocycles. The Morgan fingerprint density at radius 2 is 0.630 bits per heavy atom. The van der Waals surface area contributed by atoms with Crippen LogP contribution in [0.1, 0.15) is 40.0 Å². The van der Waals surface area contributed by atoms with E-state index in [0.717, 1.165) is 0 Å². The zero-order valence-corrected chi connectivity index (χ0v) is 28.0. The van der Waals surface area contributed by atoms with E-state index in [0.29, 0.717) is 0 Å². The first-order chi connectivity index (χ1) is 20.4. The molecule has 0 rings (SSSR count). The monoisotopic (exact) mass is 758 g/mol. The van der Waals surface area contributed by atoms with Crippen LogP contribution in [0.15, 0.2) is 0 Å². The van der Waals surface area contributed by atoms with Gasteiger partial charge >= 0.3 is 32.7 Å². The van der Waals surface area contributed by atoms with E-state index >= 15 is 0 Å². The average Bonchev–Trinajstić information content (AvgIpc) is 3.03. The van der Waals surface area contributed by atoms with Crippen LogP contribution in [0.2, 0.25) is 0 Å². The van der Waals surface area contributed by atoms with Gasteiger partial charge in [0.2, 0.25) is 0 Å². The SMILES string of the molecule is CCC(O)(C(=O)[O-])C(O)C(O)C(O)CO.CCC(O)(C(=O)[O-])C(O)C(O)C(O)CO.CCC(O)(C(=O)[O-])C(O)C(O)C(O)CO.[Y+3]. The van der Waals surface area contributed by atoms with Gasteiger partial charge in [0.05, 0.1) is 37.7 Å². The van der Waals surface area contributed by atoms with Gasteiger partial charge in [-0.25, -0.2) is 0 Å². The quantitative estimate of drug-likeness (QED) is 0.0617. The first kappa shape index (κ1) is 51.7. The van der Waals surface area contributed by atoms with Crippen molar-refractivity contribution in [2.75, 3.05) is 19.8 Å². The van der Waals surface area contributed by atoms with Crippen molar-refractivity contribution in [3.05, 3.63) is 0 Å². The maximum Gasteiger partial charge on any atom is 3.00 e. The third-order valence-electron chi connectivity index (χ3n) is 6.86. The molecule has 0 saturated carbocycles. The van der Waals surface area contributed by atoms with Crippen LogP contribution in [0.25, 0.3) is 0 Å². The minimum Gasteiger partial charge on any atom is -0.547 e. The van der Waals surface area contributed by atoms with E-state index in [9.17, 15) is 75.7 Å². The van der Waals surface area contributed by atoms with E-state index in [2.05, 4.69) is 0 Å². The topological polar surface area (TPSA) is 424 Å². The van der Waals surface area contributed by atoms with Crippen molar-refractivity contribution in [3.63, 3.8) is 0 Å². The molecule has 0 heterocycles. The Morgan fingerprint density at radius 3 is 0.717 bits per heavy atom. The Hall–Kier alpha value is -1.09. The van der Waals surface area contributed by atoms with Crippen molar-refractivity contribution in [2.45, 2.75) is 112 Å². The van der Waals surface area contributed by atoms with Crippen LogP contribution in [0.4, 0.5) is 0 Å². The molecule has 0 aliphatic heterocycles. The summed E-state index contributed by atoms with van der Waals surface area (Å²) in [5.41, 5.74) is -7.97. The van der Waals surface area contributed by atoms with Crippen LogP contribution in [-0.2, 0) is 47.1 Å². The van der Waals surface area contributed by atoms with Gasteiger partial charge in [0.25, 0.3) is 0 Å². The first-order valence-electron chi connectivity index (χ1n) is 13.2. The predicted octanol–water partition coefficient (Wildman–Crippen LogP) is -12.1. The van der Waals surface area contributed by atoms with E-state index in [4.69, 9.17) is 30.6 Å². The molecule has 270 valence electrons. The van der Waals surface area contributed by atoms with Crippen molar-refractivity contribution in [1.29, 1.82) is 0 Å². The summed E-state index contributed by atoms with van der Waals surface area (Å²) in [6, 6.07) is 0. The predicted molar refractivity (Wildman–Crippen MR) is 136 cm³/mol. The molecule has 46 heavy (non-hydrogen) atoms. The second kappa shape index (κ2) is 23.3. The number of hydrogen-bond donors (Lipinski definition) is 15. The molecule has 0 saturated heterocycles. The Kier molecular flexibility index (Phi) is 26.2. The number of hydrogen-bond acceptors (Lipinski definition) is 21. The molecule has 0 aromatic rings. The smallest absolute Gasteiger partial charge is 0.547 e. The summed E-state index contributed by atoms with van der Waals surface area (Å²) >= 11 is 0. The summed E-state index contributed by atoms with van der Waals surface area (Å²) in [5.74, 6) is -5.87. The summed E-state index contributed by atoms with van der Waals surface area (Å²) in [6.07, 6.45) is -18.8. The van der Waals surface area contributed by atoms with Crippen molar-refractivity contribution in [1.82, 2.24) is 0 Å². The molecule has 12 atom stereocenters. The van der Waals surface area contributed by atoms with Crippen LogP contribution in [0, 0.1) is 0 Å². The number of carboxylic acid groups (broad SMARTS) is 3. The molecule has 0 radical (unpaired) electrons. The number of aliphatic hydroxyl groups excluding tert-OH is 12. The second-order valence-electron chi connectivity index (χ2n) is 9.75. The summed E-state index contributed by atoms with van der Waals surface area (Å²) < 4.78 is 0. The number of rotatable bonds is 18. The Bertz CT molecular complexity index is 773. The molecule has 0 aliphatic rings. The average molecular weight is 759 g/mol. The van der Waals surface area contributed by atoms with Crippen LogP contribution >= 0.6 is 0 Å². The van der Waals surface area contributed by atoms with Gasteiger partial charge in [0.15, 0.2) is 0 Å². The molecule has 21 nitrogen and oxygen atoms in total. The molecule has 0 spiro atoms. The Balaban J connectivity index is -0.000000285. The Labute approximate surface area is 287 Å². The van der Waals surface area contributed by atoms with Crippen molar-refractivity contribution in [3.8, 4) is 0 Å². The number of carbonyl (C=O) groups is 3. The summed E-state index contributed by atoms with van der Waals surface area (Å²) in [7, 11) is 0. The van der Waals surface area contributed by atoms with Crippen molar-refractivity contribution < 1.29 is 139 Å². The van der Waals surface area contributed by atoms with Gasteiger partial charge in [0, 0.05) is 0 Å². The number of carbonyl (C=O) groups excluding carboxylic acids is 3. The first-order valence-corrected chi connectivity index (χ1v) is 13.2. The minimum absolute atomic E-state index is 0. The summed E-state index contributed by atoms with van der Waals surface area (Å²) in [5, 5.41) is 168. The molecule has 22 heteroatoms. The van der Waals surface area contributed by atoms with Gasteiger partial charge in [-0.2, -0.15) is 0 Å². The fourth-order valence-corrected chi connectivity index (χ4v) is 3.23. The zero-order chi connectivity index (χ0) is 36.7. The normalized spacial score (nSPS) is 21.0. The second-order valence-corrected chi connectivity index (χ2v) is 9.75. The van der Waals surface area contributed by atoms with E-state index in [1.54, 1.807) is 0 Å². The minimum atomic E-state index is -2.66. The number of aliphatic hydroxyl groups is 15. The third kappa shape index (κ3) is 13.8. The van der Waals surface area contributed by atoms with E-state index in [-0.39, 0.29) is 32.7 Å². The molecule has 0 aromatic heterocycles. The van der Waals surface area contributed by atoms with E-state index in [1.165, 1.54) is 20.8 Å². The fourth-order valence-electron chi connectivity index (χ4n) is 3.23. The van der Waals surface area contributed by atoms with Gasteiger partial charge < -0.3 is 106 Å². The molecule has 0 amide bonds. The molecule has 12 unspecified atom stereocenters. The summed E-state index contributed by atoms with van der Waals surface area (Å²) in [4.78, 5) is 31.6. The van der Waals surface area contributed by atoms with Gasteiger partial charge in [0.1, 0.15) is 71.7 Å². The molecule has 0 aromatic carbocycles. The van der Waals surface area contributed by atoms with Crippen molar-refractivity contribution >= 4 is 17.9 Å². The number of carboxylic acids is 3. The maximum absolute atomic E-state index is 10.5. The van der Waals surface area contributed by atoms with Gasteiger partial charge in [-0.05, 0) is 19.3 Å². The van der Waals surface area contributed by atoms with Crippen LogP contribution < -0.4 is 15.3 Å². The molecular weight excluding hydrogens is 713 g/mol. The third-order valence-corrected chi connectivity index (χ3v) is 6.86. The standard InChI is InChI=1S/3C8H16O7.Y/c3*1-2-8(15,7(13)14)6(12)5(11)4(10)3-9;/h3*4-6,9-12,15H,2-3H2,1H3,(H,13,14);/q;;;+3/p-3. The van der Waals surface area contributed by atoms with E-state index in [1.807, 2.05) is 0 Å². The molecule has 0 bridgehead atoms. The van der Waals surface area contributed by atoms with E-state index < -0.39 is 129 Å². The zero-order valence-electron chi connectivity index (χ0n) is 25.2. The van der Waals surface area contributed by atoms with Crippen LogP contribution in [0.3, 0.4) is 0 Å². The van der Waals surface area contributed by atoms with Crippen LogP contribution in [0.5, 0.6) is 0 Å². The number of aliphatic carboxylic acids is 3. The van der Waals surface area contributed by atoms with Gasteiger partial charge in [-0.1, -0.05) is 20.8 Å². The fraction of sp³-hybridized carbons (Fsp3) is 0.875. The maximum atomic E-state index is 10.5. The largest absolute Gasteiger partial charge is 3.00 e.